The number of carboxylic acids is 1. The van der Waals surface area contributed by atoms with Crippen LogP contribution >= 0.6 is 11.8 Å². The molecule has 0 aliphatic carbocycles. The number of nitrogens with zero attached hydrogens (tertiary/aromatic N) is 3. The second-order valence-corrected chi connectivity index (χ2v) is 5.08. The lowest BCUT2D eigenvalue weighted by molar-refractivity contribution is -0.133. The average Bonchev–Trinajstić information content (AvgIpc) is 2.70. The van der Waals surface area contributed by atoms with Crippen LogP contribution in [0.15, 0.2) is 5.16 Å². The number of carboxylic acid groups (broad SMARTS) is 1. The van der Waals surface area contributed by atoms with E-state index in [1.54, 1.807) is 7.11 Å². The minimum absolute atomic E-state index is 0.00290. The maximum absolute atomic E-state index is 10.6. The monoisotopic (exact) mass is 273 g/mol. The quantitative estimate of drug-likeness (QED) is 0.573. The van der Waals surface area contributed by atoms with Gasteiger partial charge in [-0.15, -0.1) is 10.2 Å². The third-order valence-electron chi connectivity index (χ3n) is 2.33. The molecule has 102 valence electrons. The molecule has 1 aromatic rings. The second kappa shape index (κ2) is 7.38. The third-order valence-corrected chi connectivity index (χ3v) is 3.25. The van der Waals surface area contributed by atoms with Gasteiger partial charge in [0.05, 0.1) is 5.75 Å². The molecule has 18 heavy (non-hydrogen) atoms. The zero-order chi connectivity index (χ0) is 13.5. The van der Waals surface area contributed by atoms with Gasteiger partial charge in [-0.05, 0) is 20.3 Å². The molecule has 0 aliphatic rings. The van der Waals surface area contributed by atoms with Crippen LogP contribution in [0, 0.1) is 0 Å². The first-order chi connectivity index (χ1) is 8.56. The number of hydrogen-bond acceptors (Lipinski definition) is 5. The lowest BCUT2D eigenvalue weighted by Crippen LogP contribution is -2.09. The van der Waals surface area contributed by atoms with Crippen molar-refractivity contribution in [3.63, 3.8) is 0 Å². The maximum Gasteiger partial charge on any atom is 0.313 e. The van der Waals surface area contributed by atoms with Crippen LogP contribution in [-0.2, 0) is 16.0 Å². The van der Waals surface area contributed by atoms with Crippen molar-refractivity contribution in [2.24, 2.45) is 0 Å². The molecule has 1 heterocycles. The van der Waals surface area contributed by atoms with E-state index in [1.807, 2.05) is 18.4 Å². The number of rotatable bonds is 8. The Bertz CT molecular complexity index is 393. The van der Waals surface area contributed by atoms with Crippen molar-refractivity contribution in [2.45, 2.75) is 37.9 Å². The zero-order valence-electron chi connectivity index (χ0n) is 10.9. The molecule has 0 saturated heterocycles. The van der Waals surface area contributed by atoms with E-state index >= 15 is 0 Å². The first kappa shape index (κ1) is 15.0. The van der Waals surface area contributed by atoms with Gasteiger partial charge in [-0.3, -0.25) is 4.79 Å². The largest absolute Gasteiger partial charge is 0.481 e. The van der Waals surface area contributed by atoms with Crippen molar-refractivity contribution in [2.75, 3.05) is 19.5 Å². The molecule has 1 N–H and O–H groups in total. The van der Waals surface area contributed by atoms with Crippen LogP contribution in [-0.4, -0.2) is 45.3 Å². The van der Waals surface area contributed by atoms with Gasteiger partial charge in [0.1, 0.15) is 5.82 Å². The summed E-state index contributed by atoms with van der Waals surface area (Å²) in [7, 11) is 1.67. The van der Waals surface area contributed by atoms with Crippen molar-refractivity contribution in [3.05, 3.63) is 5.82 Å². The van der Waals surface area contributed by atoms with Gasteiger partial charge in [0.15, 0.2) is 5.16 Å². The van der Waals surface area contributed by atoms with Crippen LogP contribution in [0.3, 0.4) is 0 Å². The summed E-state index contributed by atoms with van der Waals surface area (Å²) in [6, 6.07) is 0.217. The third kappa shape index (κ3) is 4.30. The lowest BCUT2D eigenvalue weighted by Gasteiger charge is -2.13. The standard InChI is InChI=1S/C11H19N3O3S/c1-8(2)14-9(5-4-6-17-3)12-13-11(14)18-7-10(15)16/h8H,4-7H2,1-3H3,(H,15,16). The molecule has 0 aliphatic heterocycles. The fourth-order valence-electron chi connectivity index (χ4n) is 1.60. The molecule has 0 amide bonds. The molecule has 1 rings (SSSR count). The van der Waals surface area contributed by atoms with Crippen molar-refractivity contribution in [1.82, 2.24) is 14.8 Å². The van der Waals surface area contributed by atoms with Gasteiger partial charge in [0, 0.05) is 26.2 Å². The number of hydrogen-bond donors (Lipinski definition) is 1. The highest BCUT2D eigenvalue weighted by Crippen LogP contribution is 2.22. The summed E-state index contributed by atoms with van der Waals surface area (Å²) in [5, 5.41) is 17.5. The second-order valence-electron chi connectivity index (χ2n) is 4.14. The molecule has 6 nitrogen and oxygen atoms in total. The Morgan fingerprint density at radius 3 is 2.78 bits per heavy atom. The molecular weight excluding hydrogens is 254 g/mol. The molecule has 0 spiro atoms. The summed E-state index contributed by atoms with van der Waals surface area (Å²) in [5.74, 6) is 0.0392. The Kier molecular flexibility index (Phi) is 6.14. The van der Waals surface area contributed by atoms with Crippen molar-refractivity contribution >= 4 is 17.7 Å². The van der Waals surface area contributed by atoms with E-state index < -0.39 is 5.97 Å². The van der Waals surface area contributed by atoms with E-state index in [2.05, 4.69) is 10.2 Å². The lowest BCUT2D eigenvalue weighted by atomic mass is 10.3. The summed E-state index contributed by atoms with van der Waals surface area (Å²) in [6.07, 6.45) is 1.66. The molecule has 0 bridgehead atoms. The Morgan fingerprint density at radius 1 is 1.50 bits per heavy atom. The Hall–Kier alpha value is -1.08. The maximum atomic E-state index is 10.6. The van der Waals surface area contributed by atoms with Crippen LogP contribution in [0.1, 0.15) is 32.1 Å². The fraction of sp³-hybridized carbons (Fsp3) is 0.727. The molecule has 0 fully saturated rings. The molecule has 0 atom stereocenters. The Balaban J connectivity index is 2.75. The van der Waals surface area contributed by atoms with Gasteiger partial charge < -0.3 is 14.4 Å². The normalized spacial score (nSPS) is 11.1. The van der Waals surface area contributed by atoms with Gasteiger partial charge in [-0.2, -0.15) is 0 Å². The Morgan fingerprint density at radius 2 is 2.22 bits per heavy atom. The van der Waals surface area contributed by atoms with Crippen LogP contribution in [0.4, 0.5) is 0 Å². The van der Waals surface area contributed by atoms with Gasteiger partial charge in [0.2, 0.25) is 0 Å². The smallest absolute Gasteiger partial charge is 0.313 e. The van der Waals surface area contributed by atoms with Crippen LogP contribution in [0.5, 0.6) is 0 Å². The van der Waals surface area contributed by atoms with Gasteiger partial charge in [0.25, 0.3) is 0 Å². The summed E-state index contributed by atoms with van der Waals surface area (Å²) < 4.78 is 7.00. The fourth-order valence-corrected chi connectivity index (χ4v) is 2.40. The number of aromatic nitrogens is 3. The molecule has 0 unspecified atom stereocenters. The van der Waals surface area contributed by atoms with E-state index in [1.165, 1.54) is 11.8 Å². The average molecular weight is 273 g/mol. The molecule has 0 radical (unpaired) electrons. The molecular formula is C11H19N3O3S. The number of methoxy groups -OCH3 is 1. The molecule has 1 aromatic heterocycles. The number of aliphatic carboxylic acids is 1. The summed E-state index contributed by atoms with van der Waals surface area (Å²) in [6.45, 7) is 4.75. The number of ether oxygens (including phenoxy) is 1. The van der Waals surface area contributed by atoms with Gasteiger partial charge in [-0.25, -0.2) is 0 Å². The predicted molar refractivity (Wildman–Crippen MR) is 69.0 cm³/mol. The van der Waals surface area contributed by atoms with Crippen LogP contribution < -0.4 is 0 Å². The molecule has 7 heteroatoms. The van der Waals surface area contributed by atoms with Crippen LogP contribution in [0.25, 0.3) is 0 Å². The minimum atomic E-state index is -0.848. The zero-order valence-corrected chi connectivity index (χ0v) is 11.7. The summed E-state index contributed by atoms with van der Waals surface area (Å²) in [4.78, 5) is 10.6. The first-order valence-corrected chi connectivity index (χ1v) is 6.82. The first-order valence-electron chi connectivity index (χ1n) is 5.83. The van der Waals surface area contributed by atoms with E-state index in [4.69, 9.17) is 9.84 Å². The topological polar surface area (TPSA) is 77.2 Å². The highest BCUT2D eigenvalue weighted by atomic mass is 32.2. The summed E-state index contributed by atoms with van der Waals surface area (Å²) >= 11 is 1.20. The van der Waals surface area contributed by atoms with E-state index in [-0.39, 0.29) is 11.8 Å². The number of aryl methyl sites for hydroxylation is 1. The predicted octanol–water partition coefficient (Wildman–Crippen LogP) is 1.61. The molecule has 0 saturated carbocycles. The highest BCUT2D eigenvalue weighted by Gasteiger charge is 2.15. The highest BCUT2D eigenvalue weighted by molar-refractivity contribution is 7.99. The van der Waals surface area contributed by atoms with Gasteiger partial charge in [-0.1, -0.05) is 11.8 Å². The van der Waals surface area contributed by atoms with E-state index in [0.29, 0.717) is 11.8 Å². The summed E-state index contributed by atoms with van der Waals surface area (Å²) in [5.41, 5.74) is 0. The number of thioether (sulfide) groups is 1. The Labute approximate surface area is 111 Å². The molecule has 0 aromatic carbocycles. The number of carbonyl (C=O) groups is 1. The van der Waals surface area contributed by atoms with Crippen LogP contribution in [0.2, 0.25) is 0 Å². The van der Waals surface area contributed by atoms with Crippen molar-refractivity contribution in [1.29, 1.82) is 0 Å². The van der Waals surface area contributed by atoms with E-state index in [0.717, 1.165) is 18.7 Å². The SMILES string of the molecule is COCCCc1nnc(SCC(=O)O)n1C(C)C. The van der Waals surface area contributed by atoms with Crippen molar-refractivity contribution < 1.29 is 14.6 Å². The van der Waals surface area contributed by atoms with Gasteiger partial charge >= 0.3 is 5.97 Å². The van der Waals surface area contributed by atoms with E-state index in [9.17, 15) is 4.79 Å². The van der Waals surface area contributed by atoms with Crippen molar-refractivity contribution in [3.8, 4) is 0 Å². The minimum Gasteiger partial charge on any atom is -0.481 e.